The average Bonchev–Trinajstić information content (AvgIpc) is 2.97. The number of rotatable bonds is 3. The maximum Gasteiger partial charge on any atom is 0.288 e. The number of nitrogens with one attached hydrogen (secondary N) is 2. The summed E-state index contributed by atoms with van der Waals surface area (Å²) >= 11 is 3.25. The first-order valence-corrected chi connectivity index (χ1v) is 8.05. The standard InChI is InChI=1S/C16H15BrF2N2O2.ClH/c17-11-4-6-23-15(11)16(22)21-14-8-20-5-3-10(14)9-1-2-12(18)13(19)7-9;/h1-2,4,6-7,10,14,20H,3,5,8H2,(H,21,22);1H. The Morgan fingerprint density at radius 3 is 2.75 bits per heavy atom. The minimum atomic E-state index is -0.875. The molecule has 8 heteroatoms. The number of furan rings is 1. The highest BCUT2D eigenvalue weighted by Gasteiger charge is 2.29. The van der Waals surface area contributed by atoms with Gasteiger partial charge in [0, 0.05) is 18.5 Å². The summed E-state index contributed by atoms with van der Waals surface area (Å²) in [5.74, 6) is -1.99. The molecule has 1 aromatic heterocycles. The van der Waals surface area contributed by atoms with Gasteiger partial charge in [0.2, 0.25) is 5.76 Å². The summed E-state index contributed by atoms with van der Waals surface area (Å²) in [6.45, 7) is 1.30. The van der Waals surface area contributed by atoms with Crippen molar-refractivity contribution in [2.75, 3.05) is 13.1 Å². The minimum Gasteiger partial charge on any atom is -0.458 e. The number of hydrogen-bond donors (Lipinski definition) is 2. The van der Waals surface area contributed by atoms with Gasteiger partial charge in [-0.2, -0.15) is 0 Å². The monoisotopic (exact) mass is 420 g/mol. The number of amides is 1. The maximum absolute atomic E-state index is 13.5. The summed E-state index contributed by atoms with van der Waals surface area (Å²) in [5, 5.41) is 6.10. The van der Waals surface area contributed by atoms with Crippen LogP contribution in [-0.4, -0.2) is 25.0 Å². The van der Waals surface area contributed by atoms with E-state index in [1.165, 1.54) is 12.3 Å². The largest absolute Gasteiger partial charge is 0.458 e. The fourth-order valence-electron chi connectivity index (χ4n) is 2.84. The molecule has 1 aromatic carbocycles. The van der Waals surface area contributed by atoms with Crippen molar-refractivity contribution in [2.45, 2.75) is 18.4 Å². The van der Waals surface area contributed by atoms with Gasteiger partial charge in [-0.05, 0) is 52.7 Å². The molecule has 2 N–H and O–H groups in total. The van der Waals surface area contributed by atoms with Crippen LogP contribution in [0.5, 0.6) is 0 Å². The molecular formula is C16H16BrClF2N2O2. The summed E-state index contributed by atoms with van der Waals surface area (Å²) in [5.41, 5.74) is 0.675. The van der Waals surface area contributed by atoms with E-state index in [0.717, 1.165) is 19.0 Å². The Hall–Kier alpha value is -1.44. The lowest BCUT2D eigenvalue weighted by molar-refractivity contribution is 0.0895. The average molecular weight is 422 g/mol. The maximum atomic E-state index is 13.5. The summed E-state index contributed by atoms with van der Waals surface area (Å²) in [6, 6.07) is 5.29. The van der Waals surface area contributed by atoms with Gasteiger partial charge in [0.25, 0.3) is 5.91 Å². The molecule has 3 rings (SSSR count). The van der Waals surface area contributed by atoms with Gasteiger partial charge >= 0.3 is 0 Å². The van der Waals surface area contributed by atoms with Crippen LogP contribution in [0, 0.1) is 11.6 Å². The molecule has 0 aliphatic carbocycles. The highest BCUT2D eigenvalue weighted by molar-refractivity contribution is 9.10. The number of piperidine rings is 1. The molecular weight excluding hydrogens is 406 g/mol. The van der Waals surface area contributed by atoms with Crippen molar-refractivity contribution >= 4 is 34.2 Å². The Bertz CT molecular complexity index is 726. The molecule has 0 spiro atoms. The molecule has 2 atom stereocenters. The summed E-state index contributed by atoms with van der Waals surface area (Å²) in [7, 11) is 0. The second-order valence-corrected chi connectivity index (χ2v) is 6.30. The summed E-state index contributed by atoms with van der Waals surface area (Å²) in [6.07, 6.45) is 2.14. The van der Waals surface area contributed by atoms with Crippen LogP contribution in [0.3, 0.4) is 0 Å². The first kappa shape index (κ1) is 18.9. The normalized spacial score (nSPS) is 20.3. The molecule has 0 bridgehead atoms. The van der Waals surface area contributed by atoms with Crippen molar-refractivity contribution in [1.82, 2.24) is 10.6 Å². The summed E-state index contributed by atoms with van der Waals surface area (Å²) < 4.78 is 32.4. The zero-order valence-electron chi connectivity index (χ0n) is 12.5. The van der Waals surface area contributed by atoms with Crippen LogP contribution in [-0.2, 0) is 0 Å². The highest BCUT2D eigenvalue weighted by Crippen LogP contribution is 2.27. The van der Waals surface area contributed by atoms with Gasteiger partial charge in [-0.15, -0.1) is 12.4 Å². The predicted molar refractivity (Wildman–Crippen MR) is 91.5 cm³/mol. The molecule has 0 saturated carbocycles. The molecule has 1 aliphatic rings. The van der Waals surface area contributed by atoms with Gasteiger partial charge in [-0.1, -0.05) is 6.07 Å². The molecule has 1 amide bonds. The van der Waals surface area contributed by atoms with Gasteiger partial charge < -0.3 is 15.1 Å². The third-order valence-electron chi connectivity index (χ3n) is 3.99. The number of benzene rings is 1. The number of carbonyl (C=O) groups is 1. The lowest BCUT2D eigenvalue weighted by atomic mass is 9.86. The smallest absolute Gasteiger partial charge is 0.288 e. The van der Waals surface area contributed by atoms with E-state index >= 15 is 0 Å². The van der Waals surface area contributed by atoms with E-state index in [4.69, 9.17) is 4.42 Å². The quantitative estimate of drug-likeness (QED) is 0.796. The lowest BCUT2D eigenvalue weighted by Crippen LogP contribution is -2.50. The third kappa shape index (κ3) is 3.96. The van der Waals surface area contributed by atoms with Crippen LogP contribution in [0.15, 0.2) is 39.4 Å². The lowest BCUT2D eigenvalue weighted by Gasteiger charge is -2.33. The topological polar surface area (TPSA) is 54.3 Å². The Labute approximate surface area is 152 Å². The molecule has 24 heavy (non-hydrogen) atoms. The third-order valence-corrected chi connectivity index (χ3v) is 4.62. The van der Waals surface area contributed by atoms with Crippen molar-refractivity contribution in [1.29, 1.82) is 0 Å². The SMILES string of the molecule is Cl.O=C(NC1CNCCC1c1ccc(F)c(F)c1)c1occc1Br. The minimum absolute atomic E-state index is 0. The van der Waals surface area contributed by atoms with Gasteiger partial charge in [0.1, 0.15) is 0 Å². The highest BCUT2D eigenvalue weighted by atomic mass is 79.9. The van der Waals surface area contributed by atoms with E-state index in [9.17, 15) is 13.6 Å². The Balaban J connectivity index is 0.00000208. The summed E-state index contributed by atoms with van der Waals surface area (Å²) in [4.78, 5) is 12.3. The van der Waals surface area contributed by atoms with Crippen molar-refractivity contribution < 1.29 is 18.0 Å². The van der Waals surface area contributed by atoms with E-state index in [1.807, 2.05) is 0 Å². The van der Waals surface area contributed by atoms with E-state index in [-0.39, 0.29) is 36.0 Å². The first-order valence-electron chi connectivity index (χ1n) is 7.26. The fraction of sp³-hybridized carbons (Fsp3) is 0.312. The zero-order valence-corrected chi connectivity index (χ0v) is 14.9. The van der Waals surface area contributed by atoms with Crippen LogP contribution >= 0.6 is 28.3 Å². The van der Waals surface area contributed by atoms with Crippen LogP contribution in [0.4, 0.5) is 8.78 Å². The van der Waals surface area contributed by atoms with Gasteiger partial charge in [-0.25, -0.2) is 8.78 Å². The van der Waals surface area contributed by atoms with Crippen LogP contribution in [0.1, 0.15) is 28.5 Å². The van der Waals surface area contributed by atoms with Crippen molar-refractivity contribution in [3.05, 3.63) is 58.0 Å². The molecule has 2 unspecified atom stereocenters. The van der Waals surface area contributed by atoms with Gasteiger partial charge in [0.15, 0.2) is 11.6 Å². The fourth-order valence-corrected chi connectivity index (χ4v) is 3.22. The van der Waals surface area contributed by atoms with Crippen molar-refractivity contribution in [3.8, 4) is 0 Å². The second-order valence-electron chi connectivity index (χ2n) is 5.45. The first-order chi connectivity index (χ1) is 11.1. The Kier molecular flexibility index (Phi) is 6.37. The molecule has 130 valence electrons. The van der Waals surface area contributed by atoms with Crippen LogP contribution in [0.2, 0.25) is 0 Å². The molecule has 2 aromatic rings. The van der Waals surface area contributed by atoms with Gasteiger partial charge in [-0.3, -0.25) is 4.79 Å². The zero-order chi connectivity index (χ0) is 16.4. The van der Waals surface area contributed by atoms with Crippen molar-refractivity contribution in [2.24, 2.45) is 0 Å². The number of carbonyl (C=O) groups excluding carboxylic acids is 1. The van der Waals surface area contributed by atoms with Crippen LogP contribution in [0.25, 0.3) is 0 Å². The molecule has 4 nitrogen and oxygen atoms in total. The van der Waals surface area contributed by atoms with Gasteiger partial charge in [0.05, 0.1) is 10.7 Å². The molecule has 1 aliphatic heterocycles. The van der Waals surface area contributed by atoms with E-state index in [1.54, 1.807) is 12.1 Å². The van der Waals surface area contributed by atoms with Crippen LogP contribution < -0.4 is 10.6 Å². The molecule has 0 radical (unpaired) electrons. The molecule has 1 saturated heterocycles. The second kappa shape index (κ2) is 8.09. The number of hydrogen-bond acceptors (Lipinski definition) is 3. The van der Waals surface area contributed by atoms with E-state index < -0.39 is 11.6 Å². The molecule has 2 heterocycles. The Morgan fingerprint density at radius 2 is 2.08 bits per heavy atom. The van der Waals surface area contributed by atoms with Crippen molar-refractivity contribution in [3.63, 3.8) is 0 Å². The number of halogens is 4. The van der Waals surface area contributed by atoms with E-state index in [2.05, 4.69) is 26.6 Å². The van der Waals surface area contributed by atoms with E-state index in [0.29, 0.717) is 16.6 Å². The Morgan fingerprint density at radius 1 is 1.29 bits per heavy atom. The predicted octanol–water partition coefficient (Wildman–Crippen LogP) is 3.62. The molecule has 1 fully saturated rings.